The third-order valence-corrected chi connectivity index (χ3v) is 4.83. The van der Waals surface area contributed by atoms with Crippen LogP contribution in [0.25, 0.3) is 0 Å². The highest BCUT2D eigenvalue weighted by atomic mass is 79.9. The van der Waals surface area contributed by atoms with Crippen LogP contribution in [0.2, 0.25) is 0 Å². The highest BCUT2D eigenvalue weighted by Crippen LogP contribution is 2.58. The number of hydrogen-bond acceptors (Lipinski definition) is 2. The topological polar surface area (TPSA) is 66.4 Å². The molecule has 0 heterocycles. The largest absolute Gasteiger partial charge is 0.481 e. The van der Waals surface area contributed by atoms with Gasteiger partial charge < -0.3 is 10.4 Å². The lowest BCUT2D eigenvalue weighted by atomic mass is 10.1. The zero-order chi connectivity index (χ0) is 15.1. The van der Waals surface area contributed by atoms with Crippen molar-refractivity contribution in [2.75, 3.05) is 0 Å². The van der Waals surface area contributed by atoms with Crippen LogP contribution in [0, 0.1) is 17.3 Å². The lowest BCUT2D eigenvalue weighted by Crippen LogP contribution is -2.30. The SMILES string of the molecule is C[C@@H](NC(=O)[C@H]1[C@@H](C(=O)O)C1(C)C)c1ccccc1Br. The van der Waals surface area contributed by atoms with Crippen LogP contribution < -0.4 is 5.32 Å². The smallest absolute Gasteiger partial charge is 0.307 e. The molecule has 0 saturated heterocycles. The first-order valence-electron chi connectivity index (χ1n) is 6.54. The Hall–Kier alpha value is -1.36. The second-order valence-corrected chi connectivity index (χ2v) is 6.72. The highest BCUT2D eigenvalue weighted by molar-refractivity contribution is 9.10. The third-order valence-electron chi connectivity index (χ3n) is 4.11. The van der Waals surface area contributed by atoms with Gasteiger partial charge in [0.15, 0.2) is 0 Å². The Labute approximate surface area is 126 Å². The number of amides is 1. The van der Waals surface area contributed by atoms with Crippen molar-refractivity contribution >= 4 is 27.8 Å². The van der Waals surface area contributed by atoms with E-state index in [0.29, 0.717) is 0 Å². The summed E-state index contributed by atoms with van der Waals surface area (Å²) in [4.78, 5) is 23.4. The van der Waals surface area contributed by atoms with E-state index in [1.165, 1.54) is 0 Å². The molecule has 1 fully saturated rings. The number of carboxylic acids is 1. The molecular formula is C15H18BrNO3. The van der Waals surface area contributed by atoms with Gasteiger partial charge in [0, 0.05) is 4.47 Å². The van der Waals surface area contributed by atoms with Gasteiger partial charge in [-0.05, 0) is 24.0 Å². The van der Waals surface area contributed by atoms with Crippen LogP contribution >= 0.6 is 15.9 Å². The Bertz CT molecular complexity index is 556. The molecule has 1 saturated carbocycles. The molecule has 0 aliphatic heterocycles. The molecule has 2 rings (SSSR count). The Morgan fingerprint density at radius 2 is 1.90 bits per heavy atom. The fourth-order valence-electron chi connectivity index (χ4n) is 2.80. The number of carbonyl (C=O) groups is 2. The summed E-state index contributed by atoms with van der Waals surface area (Å²) in [6.07, 6.45) is 0. The molecule has 0 aromatic heterocycles. The number of nitrogens with one attached hydrogen (secondary N) is 1. The number of aliphatic carboxylic acids is 1. The minimum Gasteiger partial charge on any atom is -0.481 e. The van der Waals surface area contributed by atoms with Crippen LogP contribution in [0.15, 0.2) is 28.7 Å². The molecule has 108 valence electrons. The van der Waals surface area contributed by atoms with Gasteiger partial charge in [-0.2, -0.15) is 0 Å². The highest BCUT2D eigenvalue weighted by Gasteiger charge is 2.65. The molecule has 0 radical (unpaired) electrons. The summed E-state index contributed by atoms with van der Waals surface area (Å²) in [6, 6.07) is 7.50. The van der Waals surface area contributed by atoms with E-state index in [1.54, 1.807) is 0 Å². The second-order valence-electron chi connectivity index (χ2n) is 5.87. The van der Waals surface area contributed by atoms with Crippen LogP contribution in [-0.4, -0.2) is 17.0 Å². The fourth-order valence-corrected chi connectivity index (χ4v) is 3.42. The second kappa shape index (κ2) is 5.20. The first-order valence-corrected chi connectivity index (χ1v) is 7.33. The van der Waals surface area contributed by atoms with Crippen molar-refractivity contribution in [3.05, 3.63) is 34.3 Å². The van der Waals surface area contributed by atoms with Gasteiger partial charge >= 0.3 is 5.97 Å². The average molecular weight is 340 g/mol. The van der Waals surface area contributed by atoms with Crippen LogP contribution in [-0.2, 0) is 9.59 Å². The van der Waals surface area contributed by atoms with E-state index in [2.05, 4.69) is 21.2 Å². The zero-order valence-corrected chi connectivity index (χ0v) is 13.3. The predicted molar refractivity (Wildman–Crippen MR) is 79.1 cm³/mol. The van der Waals surface area contributed by atoms with E-state index in [-0.39, 0.29) is 11.9 Å². The molecule has 1 aromatic carbocycles. The Morgan fingerprint density at radius 1 is 1.30 bits per heavy atom. The molecule has 1 aromatic rings. The lowest BCUT2D eigenvalue weighted by Gasteiger charge is -2.16. The molecule has 20 heavy (non-hydrogen) atoms. The molecule has 1 amide bonds. The third kappa shape index (κ3) is 2.59. The van der Waals surface area contributed by atoms with Gasteiger partial charge in [0.25, 0.3) is 0 Å². The number of carbonyl (C=O) groups excluding carboxylic acids is 1. The Morgan fingerprint density at radius 3 is 2.40 bits per heavy atom. The zero-order valence-electron chi connectivity index (χ0n) is 11.7. The number of hydrogen-bond donors (Lipinski definition) is 2. The van der Waals surface area contributed by atoms with E-state index < -0.39 is 23.2 Å². The summed E-state index contributed by atoms with van der Waals surface area (Å²) in [7, 11) is 0. The van der Waals surface area contributed by atoms with Gasteiger partial charge in [-0.25, -0.2) is 0 Å². The van der Waals surface area contributed by atoms with Gasteiger partial charge in [-0.3, -0.25) is 9.59 Å². The molecular weight excluding hydrogens is 322 g/mol. The van der Waals surface area contributed by atoms with Gasteiger partial charge in [-0.15, -0.1) is 0 Å². The van der Waals surface area contributed by atoms with Crippen molar-refractivity contribution in [1.29, 1.82) is 0 Å². The first-order chi connectivity index (χ1) is 9.26. The Kier molecular flexibility index (Phi) is 3.91. The Balaban J connectivity index is 2.07. The van der Waals surface area contributed by atoms with Crippen LogP contribution in [0.4, 0.5) is 0 Å². The molecule has 2 N–H and O–H groups in total. The van der Waals surface area contributed by atoms with Crippen LogP contribution in [0.1, 0.15) is 32.4 Å². The van der Waals surface area contributed by atoms with Crippen LogP contribution in [0.3, 0.4) is 0 Å². The van der Waals surface area contributed by atoms with Crippen LogP contribution in [0.5, 0.6) is 0 Å². The molecule has 4 nitrogen and oxygen atoms in total. The summed E-state index contributed by atoms with van der Waals surface area (Å²) < 4.78 is 0.928. The molecule has 1 aliphatic carbocycles. The van der Waals surface area contributed by atoms with Crippen molar-refractivity contribution in [1.82, 2.24) is 5.32 Å². The summed E-state index contributed by atoms with van der Waals surface area (Å²) >= 11 is 3.45. The summed E-state index contributed by atoms with van der Waals surface area (Å²) in [5.74, 6) is -2.13. The molecule has 5 heteroatoms. The lowest BCUT2D eigenvalue weighted by molar-refractivity contribution is -0.140. The first kappa shape index (κ1) is 15.0. The maximum Gasteiger partial charge on any atom is 0.307 e. The van der Waals surface area contributed by atoms with Crippen molar-refractivity contribution in [3.63, 3.8) is 0 Å². The van der Waals surface area contributed by atoms with Crippen molar-refractivity contribution in [3.8, 4) is 0 Å². The minimum absolute atomic E-state index is 0.163. The van der Waals surface area contributed by atoms with Gasteiger partial charge in [0.05, 0.1) is 17.9 Å². The minimum atomic E-state index is -0.899. The normalized spacial score (nSPS) is 24.8. The van der Waals surface area contributed by atoms with Gasteiger partial charge in [0.2, 0.25) is 5.91 Å². The fraction of sp³-hybridized carbons (Fsp3) is 0.467. The standard InChI is InChI=1S/C15H18BrNO3/c1-8(9-6-4-5-7-10(9)16)17-13(18)11-12(14(19)20)15(11,2)3/h4-8,11-12H,1-3H3,(H,17,18)(H,19,20)/t8-,11-,12+/m1/s1. The van der Waals surface area contributed by atoms with Crippen molar-refractivity contribution in [2.45, 2.75) is 26.8 Å². The van der Waals surface area contributed by atoms with E-state index in [9.17, 15) is 9.59 Å². The monoisotopic (exact) mass is 339 g/mol. The molecule has 0 bridgehead atoms. The maximum absolute atomic E-state index is 12.2. The molecule has 0 spiro atoms. The molecule has 3 atom stereocenters. The van der Waals surface area contributed by atoms with Gasteiger partial charge in [-0.1, -0.05) is 48.0 Å². The predicted octanol–water partition coefficient (Wildman–Crippen LogP) is 2.98. The molecule has 0 unspecified atom stereocenters. The van der Waals surface area contributed by atoms with E-state index in [1.807, 2.05) is 45.0 Å². The van der Waals surface area contributed by atoms with Gasteiger partial charge in [0.1, 0.15) is 0 Å². The summed E-state index contributed by atoms with van der Waals surface area (Å²) in [5.41, 5.74) is 0.509. The van der Waals surface area contributed by atoms with E-state index in [4.69, 9.17) is 5.11 Å². The van der Waals surface area contributed by atoms with Crippen molar-refractivity contribution < 1.29 is 14.7 Å². The number of benzene rings is 1. The maximum atomic E-state index is 12.2. The van der Waals surface area contributed by atoms with Crippen molar-refractivity contribution in [2.24, 2.45) is 17.3 Å². The summed E-state index contributed by atoms with van der Waals surface area (Å²) in [5, 5.41) is 12.0. The average Bonchev–Trinajstić information content (AvgIpc) is 2.93. The van der Waals surface area contributed by atoms with E-state index in [0.717, 1.165) is 10.0 Å². The number of carboxylic acid groups (broad SMARTS) is 1. The van der Waals surface area contributed by atoms with E-state index >= 15 is 0 Å². The number of rotatable bonds is 4. The molecule has 1 aliphatic rings. The quantitative estimate of drug-likeness (QED) is 0.886. The summed E-state index contributed by atoms with van der Waals surface area (Å²) in [6.45, 7) is 5.53. The number of halogens is 1.